The molecule has 3 aromatic rings. The van der Waals surface area contributed by atoms with Gasteiger partial charge in [-0.05, 0) is 36.4 Å². The molecule has 0 N–H and O–H groups in total. The molecule has 0 aliphatic carbocycles. The summed E-state index contributed by atoms with van der Waals surface area (Å²) in [7, 11) is 2.01. The smallest absolute Gasteiger partial charge is 0.205 e. The highest BCUT2D eigenvalue weighted by atomic mass is 127. The molecule has 0 aliphatic heterocycles. The summed E-state index contributed by atoms with van der Waals surface area (Å²) in [6.07, 6.45) is 5.99. The zero-order valence-electron chi connectivity index (χ0n) is 12.0. The molecule has 4 heteroatoms. The summed E-state index contributed by atoms with van der Waals surface area (Å²) in [5.41, 5.74) is 2.01. The van der Waals surface area contributed by atoms with E-state index in [-0.39, 0.29) is 24.0 Å². The molecule has 22 heavy (non-hydrogen) atoms. The van der Waals surface area contributed by atoms with Crippen molar-refractivity contribution >= 4 is 23.8 Å². The van der Waals surface area contributed by atoms with Crippen molar-refractivity contribution in [1.82, 2.24) is 0 Å². The van der Waals surface area contributed by atoms with Crippen LogP contribution in [-0.4, -0.2) is 0 Å². The second-order valence-corrected chi connectivity index (χ2v) is 5.16. The third-order valence-electron chi connectivity index (χ3n) is 3.28. The van der Waals surface area contributed by atoms with Crippen LogP contribution in [0.2, 0.25) is 5.02 Å². The molecule has 0 amide bonds. The summed E-state index contributed by atoms with van der Waals surface area (Å²) in [5.74, 6) is 1.58. The highest BCUT2D eigenvalue weighted by Crippen LogP contribution is 2.29. The Morgan fingerprint density at radius 1 is 0.955 bits per heavy atom. The molecule has 0 fully saturated rings. The van der Waals surface area contributed by atoms with E-state index in [0.29, 0.717) is 5.02 Å². The third-order valence-corrected chi connectivity index (χ3v) is 3.61. The maximum absolute atomic E-state index is 6.18. The molecule has 3 rings (SSSR count). The number of nitrogens with zero attached hydrogens (tertiary/aromatic N) is 1. The number of furan rings is 1. The summed E-state index contributed by atoms with van der Waals surface area (Å²) in [6, 6.07) is 17.6. The normalized spacial score (nSPS) is 10.6. The lowest BCUT2D eigenvalue weighted by molar-refractivity contribution is -0.673. The molecule has 0 bridgehead atoms. The number of aromatic nitrogens is 1. The van der Waals surface area contributed by atoms with Gasteiger partial charge in [0.05, 0.1) is 5.02 Å². The highest BCUT2D eigenvalue weighted by Gasteiger charge is 2.07. The molecule has 0 spiro atoms. The van der Waals surface area contributed by atoms with Gasteiger partial charge in [0.25, 0.3) is 0 Å². The minimum atomic E-state index is 0. The van der Waals surface area contributed by atoms with Crippen LogP contribution in [-0.2, 0) is 7.05 Å². The second kappa shape index (κ2) is 7.61. The number of hydrogen-bond acceptors (Lipinski definition) is 1. The van der Waals surface area contributed by atoms with Gasteiger partial charge in [-0.25, -0.2) is 4.57 Å². The molecule has 2 nitrogen and oxygen atoms in total. The zero-order valence-corrected chi connectivity index (χ0v) is 15.0. The molecule has 2 heterocycles. The summed E-state index contributed by atoms with van der Waals surface area (Å²) in [4.78, 5) is 0. The number of aryl methyl sites for hydroxylation is 1. The third kappa shape index (κ3) is 3.78. The predicted molar refractivity (Wildman–Crippen MR) is 85.7 cm³/mol. The lowest BCUT2D eigenvalue weighted by atomic mass is 10.2. The van der Waals surface area contributed by atoms with Gasteiger partial charge < -0.3 is 28.4 Å². The minimum absolute atomic E-state index is 0. The summed E-state index contributed by atoms with van der Waals surface area (Å²) in [5, 5.41) is 0.692. The van der Waals surface area contributed by atoms with Crippen molar-refractivity contribution in [2.75, 3.05) is 0 Å². The van der Waals surface area contributed by atoms with E-state index in [2.05, 4.69) is 10.6 Å². The Bertz CT molecular complexity index is 795. The first-order valence-electron chi connectivity index (χ1n) is 6.71. The standard InChI is InChI=1S/C18H15ClNO.HI/c1-20-13-5-4-6-14(20)9-10-15-11-12-18(21-15)16-7-2-3-8-17(16)19;/h2-13H,1H3;1H/q+1;/p-1/b10-9+;. The predicted octanol–water partition coefficient (Wildman–Crippen LogP) is 1.60. The molecular formula is C18H15ClINO. The molecule has 1 aromatic carbocycles. The van der Waals surface area contributed by atoms with E-state index >= 15 is 0 Å². The van der Waals surface area contributed by atoms with E-state index in [9.17, 15) is 0 Å². The van der Waals surface area contributed by atoms with Crippen LogP contribution in [0, 0.1) is 0 Å². The Kier molecular flexibility index (Phi) is 5.80. The van der Waals surface area contributed by atoms with E-state index in [1.54, 1.807) is 0 Å². The maximum Gasteiger partial charge on any atom is 0.205 e. The maximum atomic E-state index is 6.18. The van der Waals surface area contributed by atoms with Crippen molar-refractivity contribution in [2.24, 2.45) is 7.05 Å². The quantitative estimate of drug-likeness (QED) is 0.462. The molecule has 112 valence electrons. The van der Waals surface area contributed by atoms with E-state index in [1.165, 1.54) is 0 Å². The van der Waals surface area contributed by atoms with E-state index in [1.807, 2.05) is 73.9 Å². The van der Waals surface area contributed by atoms with E-state index < -0.39 is 0 Å². The number of pyridine rings is 1. The van der Waals surface area contributed by atoms with E-state index in [4.69, 9.17) is 16.0 Å². The molecular weight excluding hydrogens is 409 g/mol. The number of rotatable bonds is 3. The van der Waals surface area contributed by atoms with Gasteiger partial charge in [0.2, 0.25) is 5.69 Å². The van der Waals surface area contributed by atoms with E-state index in [0.717, 1.165) is 22.8 Å². The van der Waals surface area contributed by atoms with Crippen LogP contribution in [0.4, 0.5) is 0 Å². The van der Waals surface area contributed by atoms with Crippen LogP contribution < -0.4 is 28.5 Å². The summed E-state index contributed by atoms with van der Waals surface area (Å²) >= 11 is 6.18. The Balaban J connectivity index is 0.00000176. The Hall–Kier alpha value is -1.59. The average Bonchev–Trinajstić information content (AvgIpc) is 2.96. The van der Waals surface area contributed by atoms with Gasteiger partial charge in [-0.15, -0.1) is 0 Å². The topological polar surface area (TPSA) is 17.0 Å². The molecule has 0 radical (unpaired) electrons. The van der Waals surface area contributed by atoms with Gasteiger partial charge in [0.15, 0.2) is 6.20 Å². The summed E-state index contributed by atoms with van der Waals surface area (Å²) < 4.78 is 7.88. The summed E-state index contributed by atoms with van der Waals surface area (Å²) in [6.45, 7) is 0. The first-order chi connectivity index (χ1) is 10.2. The van der Waals surface area contributed by atoms with Crippen LogP contribution in [0.3, 0.4) is 0 Å². The Labute approximate surface area is 152 Å². The first-order valence-corrected chi connectivity index (χ1v) is 7.09. The largest absolute Gasteiger partial charge is 1.00 e. The van der Waals surface area contributed by atoms with Crippen LogP contribution in [0.5, 0.6) is 0 Å². The first kappa shape index (κ1) is 16.8. The van der Waals surface area contributed by atoms with Gasteiger partial charge >= 0.3 is 0 Å². The van der Waals surface area contributed by atoms with Crippen LogP contribution in [0.1, 0.15) is 11.5 Å². The fourth-order valence-electron chi connectivity index (χ4n) is 2.13. The number of benzene rings is 1. The van der Waals surface area contributed by atoms with Crippen LogP contribution >= 0.6 is 11.6 Å². The van der Waals surface area contributed by atoms with Crippen molar-refractivity contribution in [1.29, 1.82) is 0 Å². The monoisotopic (exact) mass is 423 g/mol. The Morgan fingerprint density at radius 2 is 1.73 bits per heavy atom. The molecule has 0 aliphatic rings. The van der Waals surface area contributed by atoms with Crippen molar-refractivity contribution in [3.63, 3.8) is 0 Å². The molecule has 0 unspecified atom stereocenters. The van der Waals surface area contributed by atoms with Gasteiger partial charge in [0.1, 0.15) is 18.6 Å². The molecule has 0 saturated heterocycles. The fraction of sp³-hybridized carbons (Fsp3) is 0.0556. The van der Waals surface area contributed by atoms with Gasteiger partial charge in [-0.1, -0.05) is 23.7 Å². The van der Waals surface area contributed by atoms with Crippen LogP contribution in [0.15, 0.2) is 65.2 Å². The number of hydrogen-bond donors (Lipinski definition) is 0. The minimum Gasteiger partial charge on any atom is -1.00 e. The fourth-order valence-corrected chi connectivity index (χ4v) is 2.35. The second-order valence-electron chi connectivity index (χ2n) is 4.75. The van der Waals surface area contributed by atoms with Crippen molar-refractivity contribution in [3.8, 4) is 11.3 Å². The molecule has 2 aromatic heterocycles. The SMILES string of the molecule is C[n+]1ccccc1/C=C/c1ccc(-c2ccccc2Cl)o1.[I-]. The average molecular weight is 424 g/mol. The number of halogens is 2. The molecule has 0 atom stereocenters. The molecule has 0 saturated carbocycles. The van der Waals surface area contributed by atoms with Crippen molar-refractivity contribution in [3.05, 3.63) is 77.3 Å². The van der Waals surface area contributed by atoms with Gasteiger partial charge in [0, 0.05) is 23.8 Å². The van der Waals surface area contributed by atoms with Gasteiger partial charge in [-0.3, -0.25) is 0 Å². The van der Waals surface area contributed by atoms with Gasteiger partial charge in [-0.2, -0.15) is 0 Å². The Morgan fingerprint density at radius 3 is 2.50 bits per heavy atom. The lowest BCUT2D eigenvalue weighted by Crippen LogP contribution is -3.00. The highest BCUT2D eigenvalue weighted by molar-refractivity contribution is 6.33. The van der Waals surface area contributed by atoms with Crippen LogP contribution in [0.25, 0.3) is 23.5 Å². The van der Waals surface area contributed by atoms with Crippen molar-refractivity contribution in [2.45, 2.75) is 0 Å². The zero-order chi connectivity index (χ0) is 14.7. The van der Waals surface area contributed by atoms with Crippen molar-refractivity contribution < 1.29 is 33.0 Å². The lowest BCUT2D eigenvalue weighted by Gasteiger charge is -1.98.